The minimum Gasteiger partial charge on any atom is -0.400 e. The van der Waals surface area contributed by atoms with Gasteiger partial charge in [0.1, 0.15) is 5.78 Å². The highest BCUT2D eigenvalue weighted by molar-refractivity contribution is 6.40. The second-order valence-electron chi connectivity index (χ2n) is 2.72. The smallest absolute Gasteiger partial charge is 0.126 e. The molecule has 0 fully saturated rings. The molecule has 96 valence electrons. The van der Waals surface area contributed by atoms with E-state index < -0.39 is 0 Å². The number of halogens is 2. The summed E-state index contributed by atoms with van der Waals surface area (Å²) >= 11 is 9.53. The summed E-state index contributed by atoms with van der Waals surface area (Å²) in [4.78, 5) is 9.44. The molecule has 0 spiro atoms. The molecule has 0 aliphatic heterocycles. The summed E-state index contributed by atoms with van der Waals surface area (Å²) in [6, 6.07) is 0. The van der Waals surface area contributed by atoms with Gasteiger partial charge in [0.2, 0.25) is 0 Å². The van der Waals surface area contributed by atoms with Crippen molar-refractivity contribution in [3.8, 4) is 0 Å². The van der Waals surface area contributed by atoms with Gasteiger partial charge in [0.15, 0.2) is 0 Å². The number of hydrogen-bond acceptors (Lipinski definition) is 2. The lowest BCUT2D eigenvalue weighted by molar-refractivity contribution is -0.114. The van der Waals surface area contributed by atoms with Gasteiger partial charge in [-0.3, -0.25) is 0 Å². The average molecular weight is 261 g/mol. The van der Waals surface area contributed by atoms with Crippen molar-refractivity contribution in [1.82, 2.24) is 0 Å². The minimum atomic E-state index is 0.167. The van der Waals surface area contributed by atoms with Crippen molar-refractivity contribution in [2.75, 3.05) is 12.4 Å². The second kappa shape index (κ2) is 36.8. The van der Waals surface area contributed by atoms with Crippen molar-refractivity contribution in [2.24, 2.45) is 0 Å². The second-order valence-corrected chi connectivity index (χ2v) is 3.52. The lowest BCUT2D eigenvalue weighted by atomic mass is 10.2. The van der Waals surface area contributed by atoms with Crippen LogP contribution < -0.4 is 0 Å². The van der Waals surface area contributed by atoms with Gasteiger partial charge in [-0.25, -0.2) is 0 Å². The monoisotopic (exact) mass is 260 g/mol. The molecule has 0 radical (unpaired) electrons. The van der Waals surface area contributed by atoms with Crippen LogP contribution in [0.2, 0.25) is 0 Å². The molecule has 0 atom stereocenters. The fourth-order valence-electron chi connectivity index (χ4n) is 0.500. The molecule has 0 heterocycles. The van der Waals surface area contributed by atoms with Crippen molar-refractivity contribution in [3.05, 3.63) is 0 Å². The third-order valence-corrected chi connectivity index (χ3v) is 0.957. The third-order valence-electron chi connectivity index (χ3n) is 0.957. The number of carbonyl (C=O) groups excluding carboxylic acids is 1. The molecule has 0 aliphatic carbocycles. The molecule has 15 heavy (non-hydrogen) atoms. The van der Waals surface area contributed by atoms with Crippen molar-refractivity contribution in [3.63, 3.8) is 0 Å². The van der Waals surface area contributed by atoms with Crippen LogP contribution in [0.25, 0.3) is 0 Å². The van der Waals surface area contributed by atoms with Gasteiger partial charge in [0.25, 0.3) is 0 Å². The van der Waals surface area contributed by atoms with Gasteiger partial charge < -0.3 is 9.90 Å². The van der Waals surface area contributed by atoms with Crippen LogP contribution >= 0.6 is 23.2 Å². The quantitative estimate of drug-likeness (QED) is 0.610. The Kier molecular flexibility index (Phi) is 59.9. The number of alkyl halides is 2. The Labute approximate surface area is 105 Å². The summed E-state index contributed by atoms with van der Waals surface area (Å²) in [5.41, 5.74) is 0. The maximum atomic E-state index is 9.44. The molecule has 0 saturated carbocycles. The zero-order valence-electron chi connectivity index (χ0n) is 10.6. The van der Waals surface area contributed by atoms with Crippen LogP contribution in [0.3, 0.4) is 0 Å². The normalized spacial score (nSPS) is 6.93. The van der Waals surface area contributed by atoms with E-state index in [1.165, 1.54) is 39.5 Å². The van der Waals surface area contributed by atoms with Crippen LogP contribution in [0.5, 0.6) is 0 Å². The van der Waals surface area contributed by atoms with Crippen molar-refractivity contribution in [1.29, 1.82) is 0 Å². The molecule has 1 N–H and O–H groups in total. The highest BCUT2D eigenvalue weighted by atomic mass is 35.5. The summed E-state index contributed by atoms with van der Waals surface area (Å²) in [7, 11) is 1.00. The van der Waals surface area contributed by atoms with E-state index in [0.717, 1.165) is 7.11 Å². The molecule has 0 aromatic rings. The highest BCUT2D eigenvalue weighted by Gasteiger charge is 1.75. The first-order chi connectivity index (χ1) is 7.06. The van der Waals surface area contributed by atoms with Crippen molar-refractivity contribution in [2.45, 2.75) is 53.4 Å². The molecule has 4 heteroatoms. The fraction of sp³-hybridized carbons (Fsp3) is 0.909. The molecule has 0 bridgehead atoms. The van der Waals surface area contributed by atoms with Crippen LogP contribution in [0.4, 0.5) is 0 Å². The Morgan fingerprint density at radius 2 is 1.13 bits per heavy atom. The van der Waals surface area contributed by atoms with Crippen LogP contribution in [0.1, 0.15) is 53.4 Å². The lowest BCUT2D eigenvalue weighted by Crippen LogP contribution is -1.69. The number of rotatable bonds is 3. The maximum absolute atomic E-state index is 9.44. The Morgan fingerprint density at radius 1 is 1.00 bits per heavy atom. The van der Waals surface area contributed by atoms with E-state index in [9.17, 15) is 4.79 Å². The zero-order chi connectivity index (χ0) is 13.1. The van der Waals surface area contributed by atoms with Crippen molar-refractivity contribution < 1.29 is 9.90 Å². The minimum absolute atomic E-state index is 0.167. The van der Waals surface area contributed by atoms with E-state index in [1.807, 2.05) is 0 Å². The maximum Gasteiger partial charge on any atom is 0.126 e. The zero-order valence-corrected chi connectivity index (χ0v) is 12.2. The van der Waals surface area contributed by atoms with E-state index in [0.29, 0.717) is 0 Å². The van der Waals surface area contributed by atoms with Gasteiger partial charge >= 0.3 is 0 Å². The molecule has 0 aromatic heterocycles. The van der Waals surface area contributed by atoms with E-state index in [-0.39, 0.29) is 11.1 Å². The number of unbranched alkanes of at least 4 members (excludes halogenated alkanes) is 3. The van der Waals surface area contributed by atoms with Gasteiger partial charge in [-0.15, -0.1) is 23.2 Å². The first-order valence-corrected chi connectivity index (χ1v) is 6.17. The molecule has 2 nitrogen and oxygen atoms in total. The predicted molar refractivity (Wildman–Crippen MR) is 70.9 cm³/mol. The Hall–Kier alpha value is 0.210. The van der Waals surface area contributed by atoms with Gasteiger partial charge in [-0.2, -0.15) is 0 Å². The van der Waals surface area contributed by atoms with E-state index >= 15 is 0 Å². The number of carbonyl (C=O) groups is 1. The Morgan fingerprint density at radius 3 is 1.20 bits per heavy atom. The summed E-state index contributed by atoms with van der Waals surface area (Å²) in [5.74, 6) is 0.167. The predicted octanol–water partition coefficient (Wildman–Crippen LogP) is 4.21. The van der Waals surface area contributed by atoms with E-state index in [4.69, 9.17) is 28.3 Å². The summed E-state index contributed by atoms with van der Waals surface area (Å²) < 4.78 is 0. The van der Waals surface area contributed by atoms with Crippen LogP contribution in [0, 0.1) is 0 Å². The van der Waals surface area contributed by atoms with Gasteiger partial charge in [0, 0.05) is 7.11 Å². The number of ketones is 1. The first kappa shape index (κ1) is 24.4. The topological polar surface area (TPSA) is 37.3 Å². The Balaban J connectivity index is -0.0000000590. The largest absolute Gasteiger partial charge is 0.400 e. The highest BCUT2D eigenvalue weighted by Crippen LogP contribution is 1.95. The van der Waals surface area contributed by atoms with E-state index in [1.54, 1.807) is 0 Å². The van der Waals surface area contributed by atoms with Gasteiger partial charge in [-0.1, -0.05) is 39.5 Å². The molecular weight excluding hydrogens is 235 g/mol. The number of aliphatic hydroxyl groups excluding tert-OH is 1. The third kappa shape index (κ3) is 206. The van der Waals surface area contributed by atoms with Gasteiger partial charge in [0.05, 0.1) is 5.34 Å². The lowest BCUT2D eigenvalue weighted by Gasteiger charge is -1.86. The molecule has 0 saturated heterocycles. The van der Waals surface area contributed by atoms with Crippen LogP contribution in [-0.2, 0) is 4.79 Å². The standard InChI is InChI=1S/C6H14.C3H6O.CH2Cl2.CH4O/c1-3-5-6-4-2;1-3(2)4;2-1-3;1-2/h3-6H2,1-2H3;1-2H3;1H2;2H,1H3. The SMILES string of the molecule is CC(C)=O.CCCCCC.CO.ClCCl. The summed E-state index contributed by atoms with van der Waals surface area (Å²) in [6.07, 6.45) is 5.54. The van der Waals surface area contributed by atoms with Crippen LogP contribution in [-0.4, -0.2) is 23.3 Å². The first-order valence-electron chi connectivity index (χ1n) is 5.10. The molecule has 0 rings (SSSR count). The van der Waals surface area contributed by atoms with Gasteiger partial charge in [-0.05, 0) is 13.8 Å². The fourth-order valence-corrected chi connectivity index (χ4v) is 0.500. The molecule has 0 aliphatic rings. The Bertz CT molecular complexity index is 80.7. The van der Waals surface area contributed by atoms with Crippen LogP contribution in [0.15, 0.2) is 0 Å². The molecule has 0 amide bonds. The molecule has 0 unspecified atom stereocenters. The summed E-state index contributed by atoms with van der Waals surface area (Å²) in [5, 5.41) is 7.19. The molecular formula is C11H26Cl2O2. The summed E-state index contributed by atoms with van der Waals surface area (Å²) in [6.45, 7) is 7.52. The number of hydrogen-bond donors (Lipinski definition) is 1. The number of aliphatic hydroxyl groups is 1. The van der Waals surface area contributed by atoms with E-state index in [2.05, 4.69) is 13.8 Å². The number of Topliss-reactive ketones (excluding diaryl/α,β-unsaturated/α-hetero) is 1. The average Bonchev–Trinajstić information content (AvgIpc) is 2.18. The molecule has 0 aromatic carbocycles. The van der Waals surface area contributed by atoms with Crippen molar-refractivity contribution >= 4 is 29.0 Å².